The molecular weight excluding hydrogens is 261 g/mol. The average Bonchev–Trinajstić information content (AvgIpc) is 2.41. The Morgan fingerprint density at radius 2 is 2.32 bits per heavy atom. The molecule has 5 N–H and O–H groups in total. The molecule has 1 unspecified atom stereocenters. The van der Waals surface area contributed by atoms with Crippen molar-refractivity contribution in [3.63, 3.8) is 0 Å². The molecule has 0 aromatic heterocycles. The molecule has 0 saturated heterocycles. The quantitative estimate of drug-likeness (QED) is 0.236. The zero-order chi connectivity index (χ0) is 14.1. The first-order valence-electron chi connectivity index (χ1n) is 6.29. The van der Waals surface area contributed by atoms with Crippen molar-refractivity contribution in [1.29, 1.82) is 5.41 Å². The monoisotopic (exact) mass is 283 g/mol. The number of aryl methyl sites for hydroxylation is 1. The minimum atomic E-state index is -0.00753. The average molecular weight is 283 g/mol. The minimum Gasteiger partial charge on any atom is -0.491 e. The maximum atomic E-state index is 8.82. The highest BCUT2D eigenvalue weighted by molar-refractivity contribution is 7.34. The van der Waals surface area contributed by atoms with Gasteiger partial charge in [0.15, 0.2) is 0 Å². The second-order valence-electron chi connectivity index (χ2n) is 4.09. The lowest BCUT2D eigenvalue weighted by molar-refractivity contribution is 0.200. The molecular formula is C13H22N3O2P. The highest BCUT2D eigenvalue weighted by Gasteiger charge is 2.07. The predicted octanol–water partition coefficient (Wildman–Crippen LogP) is 1.09. The van der Waals surface area contributed by atoms with Gasteiger partial charge in [-0.1, -0.05) is 8.73 Å². The van der Waals surface area contributed by atoms with Crippen molar-refractivity contribution < 1.29 is 9.84 Å². The first-order valence-corrected chi connectivity index (χ1v) is 7.79. The van der Waals surface area contributed by atoms with Gasteiger partial charge in [0.25, 0.3) is 0 Å². The molecule has 0 aliphatic rings. The van der Waals surface area contributed by atoms with E-state index in [-0.39, 0.29) is 19.0 Å². The first kappa shape index (κ1) is 15.9. The fourth-order valence-corrected chi connectivity index (χ4v) is 2.16. The number of rotatable bonds is 9. The van der Waals surface area contributed by atoms with E-state index in [9.17, 15) is 0 Å². The third kappa shape index (κ3) is 5.55. The molecule has 0 fully saturated rings. The summed E-state index contributed by atoms with van der Waals surface area (Å²) in [6, 6.07) is 5.48. The van der Waals surface area contributed by atoms with Crippen molar-refractivity contribution in [3.05, 3.63) is 29.3 Å². The Kier molecular flexibility index (Phi) is 7.41. The first-order chi connectivity index (χ1) is 9.19. The number of hydrogen-bond acceptors (Lipinski definition) is 4. The summed E-state index contributed by atoms with van der Waals surface area (Å²) in [6.45, 7) is 3.33. The summed E-state index contributed by atoms with van der Waals surface area (Å²) in [5.74, 6) is 0.820. The summed E-state index contributed by atoms with van der Waals surface area (Å²) in [7, 11) is 0.748. The third-order valence-electron chi connectivity index (χ3n) is 2.65. The van der Waals surface area contributed by atoms with Gasteiger partial charge in [-0.3, -0.25) is 10.5 Å². The predicted molar refractivity (Wildman–Crippen MR) is 80.6 cm³/mol. The molecule has 0 bridgehead atoms. The summed E-state index contributed by atoms with van der Waals surface area (Å²) < 4.78 is 5.50. The molecule has 19 heavy (non-hydrogen) atoms. The Balaban J connectivity index is 2.75. The van der Waals surface area contributed by atoms with E-state index in [1.165, 1.54) is 0 Å². The molecule has 0 radical (unpaired) electrons. The standard InChI is InChI=1S/C13H22N3O2P/c1-19-16-6-2-3-10-9-11(13(14)15)4-5-12(10)18-8-7-17/h4-5,9,16-17,19H,2-3,6-8H2,1H3,(H3,14,15). The second-order valence-corrected chi connectivity index (χ2v) is 4.94. The van der Waals surface area contributed by atoms with E-state index >= 15 is 0 Å². The van der Waals surface area contributed by atoms with Crippen LogP contribution in [0.1, 0.15) is 17.5 Å². The zero-order valence-corrected chi connectivity index (χ0v) is 12.2. The molecule has 1 atom stereocenters. The van der Waals surface area contributed by atoms with E-state index < -0.39 is 0 Å². The Morgan fingerprint density at radius 3 is 2.95 bits per heavy atom. The van der Waals surface area contributed by atoms with Crippen molar-refractivity contribution in [2.45, 2.75) is 12.8 Å². The Labute approximate surface area is 115 Å². The fourth-order valence-electron chi connectivity index (χ4n) is 1.73. The van der Waals surface area contributed by atoms with E-state index in [1.54, 1.807) is 6.07 Å². The van der Waals surface area contributed by atoms with E-state index in [0.29, 0.717) is 5.56 Å². The van der Waals surface area contributed by atoms with Gasteiger partial charge in [0.05, 0.1) is 6.61 Å². The van der Waals surface area contributed by atoms with Crippen molar-refractivity contribution in [3.8, 4) is 5.75 Å². The normalized spacial score (nSPS) is 11.1. The number of benzene rings is 1. The molecule has 0 saturated carbocycles. The molecule has 106 valence electrons. The summed E-state index contributed by atoms with van der Waals surface area (Å²) in [4.78, 5) is 0. The van der Waals surface area contributed by atoms with Gasteiger partial charge in [0.1, 0.15) is 18.2 Å². The number of nitrogen functional groups attached to an aromatic ring is 1. The van der Waals surface area contributed by atoms with Crippen molar-refractivity contribution in [1.82, 2.24) is 5.09 Å². The van der Waals surface area contributed by atoms with Gasteiger partial charge in [-0.05, 0) is 49.8 Å². The molecule has 0 spiro atoms. The van der Waals surface area contributed by atoms with Crippen LogP contribution in [-0.2, 0) is 6.42 Å². The van der Waals surface area contributed by atoms with Crippen LogP contribution in [0.4, 0.5) is 0 Å². The van der Waals surface area contributed by atoms with Gasteiger partial charge in [-0.2, -0.15) is 0 Å². The van der Waals surface area contributed by atoms with Crippen molar-refractivity contribution in [2.75, 3.05) is 26.4 Å². The van der Waals surface area contributed by atoms with Crippen LogP contribution in [0.25, 0.3) is 0 Å². The third-order valence-corrected chi connectivity index (χ3v) is 3.25. The number of hydrogen-bond donors (Lipinski definition) is 4. The molecule has 0 heterocycles. The summed E-state index contributed by atoms with van der Waals surface area (Å²) >= 11 is 0. The molecule has 1 aromatic rings. The second kappa shape index (κ2) is 8.86. The lowest BCUT2D eigenvalue weighted by Crippen LogP contribution is -2.13. The van der Waals surface area contributed by atoms with Crippen LogP contribution in [0.3, 0.4) is 0 Å². The van der Waals surface area contributed by atoms with Crippen molar-refractivity contribution >= 4 is 14.6 Å². The van der Waals surface area contributed by atoms with Crippen LogP contribution >= 0.6 is 8.73 Å². The van der Waals surface area contributed by atoms with Crippen LogP contribution in [-0.4, -0.2) is 37.4 Å². The molecule has 0 aliphatic carbocycles. The van der Waals surface area contributed by atoms with E-state index in [0.717, 1.165) is 39.4 Å². The van der Waals surface area contributed by atoms with Gasteiger partial charge in [0, 0.05) is 5.56 Å². The summed E-state index contributed by atoms with van der Waals surface area (Å²) in [6.07, 6.45) is 1.86. The van der Waals surface area contributed by atoms with E-state index in [4.69, 9.17) is 21.0 Å². The highest BCUT2D eigenvalue weighted by atomic mass is 31.1. The lowest BCUT2D eigenvalue weighted by atomic mass is 10.0. The highest BCUT2D eigenvalue weighted by Crippen LogP contribution is 2.21. The van der Waals surface area contributed by atoms with Crippen LogP contribution in [0, 0.1) is 5.41 Å². The SMILES string of the molecule is CPNCCCc1cc(C(=N)N)ccc1OCCO. The largest absolute Gasteiger partial charge is 0.491 e. The smallest absolute Gasteiger partial charge is 0.122 e. The number of aliphatic hydroxyl groups is 1. The Hall–Kier alpha value is -1.16. The molecule has 6 heteroatoms. The number of nitrogens with two attached hydrogens (primary N) is 1. The van der Waals surface area contributed by atoms with E-state index in [1.807, 2.05) is 12.1 Å². The summed E-state index contributed by atoms with van der Waals surface area (Å²) in [5, 5.41) is 19.6. The Bertz CT molecular complexity index is 413. The fraction of sp³-hybridized carbons (Fsp3) is 0.462. The summed E-state index contributed by atoms with van der Waals surface area (Å²) in [5.41, 5.74) is 7.24. The molecule has 0 aliphatic heterocycles. The minimum absolute atomic E-state index is 0.00753. The van der Waals surface area contributed by atoms with Crippen LogP contribution in [0.5, 0.6) is 5.75 Å². The number of ether oxygens (including phenoxy) is 1. The molecule has 5 nitrogen and oxygen atoms in total. The number of aliphatic hydroxyl groups excluding tert-OH is 1. The van der Waals surface area contributed by atoms with Crippen LogP contribution in [0.15, 0.2) is 18.2 Å². The maximum absolute atomic E-state index is 8.82. The van der Waals surface area contributed by atoms with Gasteiger partial charge < -0.3 is 15.6 Å². The van der Waals surface area contributed by atoms with Gasteiger partial charge in [0.2, 0.25) is 0 Å². The molecule has 0 amide bonds. The molecule has 1 aromatic carbocycles. The lowest BCUT2D eigenvalue weighted by Gasteiger charge is -2.12. The van der Waals surface area contributed by atoms with Gasteiger partial charge in [-0.25, -0.2) is 0 Å². The topological polar surface area (TPSA) is 91.4 Å². The number of amidine groups is 1. The Morgan fingerprint density at radius 1 is 1.53 bits per heavy atom. The zero-order valence-electron chi connectivity index (χ0n) is 11.2. The van der Waals surface area contributed by atoms with Crippen LogP contribution < -0.4 is 15.6 Å². The van der Waals surface area contributed by atoms with Crippen molar-refractivity contribution in [2.24, 2.45) is 5.73 Å². The molecule has 1 rings (SSSR count). The maximum Gasteiger partial charge on any atom is 0.122 e. The number of nitrogens with one attached hydrogen (secondary N) is 2. The van der Waals surface area contributed by atoms with E-state index in [2.05, 4.69) is 11.8 Å². The van der Waals surface area contributed by atoms with Gasteiger partial charge in [-0.15, -0.1) is 0 Å². The van der Waals surface area contributed by atoms with Crippen LogP contribution in [0.2, 0.25) is 0 Å². The van der Waals surface area contributed by atoms with Gasteiger partial charge >= 0.3 is 0 Å².